The number of carboxylic acid groups (broad SMARTS) is 1. The van der Waals surface area contributed by atoms with E-state index in [0.717, 1.165) is 77.6 Å². The lowest BCUT2D eigenvalue weighted by molar-refractivity contribution is -0.138. The van der Waals surface area contributed by atoms with Crippen molar-refractivity contribution in [2.24, 2.45) is 11.8 Å². The number of ether oxygens (including phenoxy) is 2. The second-order valence-electron chi connectivity index (χ2n) is 15.7. The van der Waals surface area contributed by atoms with E-state index < -0.39 is 11.8 Å². The third-order valence-electron chi connectivity index (χ3n) is 11.6. The van der Waals surface area contributed by atoms with Crippen LogP contribution in [0.5, 0.6) is 11.5 Å². The van der Waals surface area contributed by atoms with Crippen LogP contribution >= 0.6 is 23.2 Å². The Balaban J connectivity index is 1.07. The molecule has 1 aliphatic heterocycles. The highest BCUT2D eigenvalue weighted by Crippen LogP contribution is 2.41. The lowest BCUT2D eigenvalue weighted by Gasteiger charge is -2.31. The van der Waals surface area contributed by atoms with Crippen molar-refractivity contribution in [1.82, 2.24) is 25.3 Å². The normalized spacial score (nSPS) is 18.2. The average molecular weight is 831 g/mol. The maximum absolute atomic E-state index is 15.7. The van der Waals surface area contributed by atoms with Gasteiger partial charge in [-0.15, -0.1) is 0 Å². The molecule has 0 spiro atoms. The molecule has 1 aromatic heterocycles. The molecule has 2 aliphatic rings. The number of aromatic nitrogens is 2. The van der Waals surface area contributed by atoms with Gasteiger partial charge in [0, 0.05) is 77.7 Å². The molecule has 0 radical (unpaired) electrons. The molecule has 7 rings (SSSR count). The lowest BCUT2D eigenvalue weighted by atomic mass is 9.80. The van der Waals surface area contributed by atoms with Crippen molar-refractivity contribution >= 4 is 46.0 Å². The van der Waals surface area contributed by atoms with Crippen LogP contribution in [0.2, 0.25) is 10.0 Å². The highest BCUT2D eigenvalue weighted by Gasteiger charge is 2.25. The molecule has 1 saturated carbocycles. The van der Waals surface area contributed by atoms with E-state index in [1.54, 1.807) is 13.2 Å². The van der Waals surface area contributed by atoms with Gasteiger partial charge in [0.05, 0.1) is 37.5 Å². The van der Waals surface area contributed by atoms with Crippen LogP contribution in [-0.2, 0) is 29.2 Å². The summed E-state index contributed by atoms with van der Waals surface area (Å²) in [6.45, 7) is 2.81. The Labute approximate surface area is 348 Å². The molecule has 58 heavy (non-hydrogen) atoms. The fourth-order valence-corrected chi connectivity index (χ4v) is 9.23. The van der Waals surface area contributed by atoms with Crippen LogP contribution in [0.15, 0.2) is 66.9 Å². The molecule has 306 valence electrons. The van der Waals surface area contributed by atoms with Crippen molar-refractivity contribution in [3.8, 4) is 33.8 Å². The summed E-state index contributed by atoms with van der Waals surface area (Å²) in [6, 6.07) is 19.0. The molecule has 3 N–H and O–H groups in total. The van der Waals surface area contributed by atoms with Crippen molar-refractivity contribution in [3.05, 3.63) is 99.4 Å². The number of nitrogens with zero attached hydrogens (tertiary/aromatic N) is 3. The van der Waals surface area contributed by atoms with Crippen LogP contribution in [0, 0.1) is 17.7 Å². The van der Waals surface area contributed by atoms with Crippen molar-refractivity contribution in [2.75, 3.05) is 34.4 Å². The van der Waals surface area contributed by atoms with Crippen molar-refractivity contribution in [2.45, 2.75) is 70.6 Å². The SMILES string of the molecule is COc1cc(Cn2ncc3c(-c4cccc(-c5cc(F)c(CNC[C@@H]6CCC(=O)N6)c(OC)c5)c4Cl)cccc32)c(Cl)cc1CN(C)C[C@H]1CC[C@H](CC(=O)O)CC1. The topological polar surface area (TPSA) is 118 Å². The second-order valence-corrected chi connectivity index (χ2v) is 16.5. The molecule has 4 aromatic carbocycles. The molecule has 10 nitrogen and oxygen atoms in total. The van der Waals surface area contributed by atoms with E-state index in [4.69, 9.17) is 42.9 Å². The number of methoxy groups -OCH3 is 2. The Morgan fingerprint density at radius 1 is 0.966 bits per heavy atom. The Hall–Kier alpha value is -4.68. The van der Waals surface area contributed by atoms with E-state index in [-0.39, 0.29) is 30.8 Å². The summed E-state index contributed by atoms with van der Waals surface area (Å²) in [6.07, 6.45) is 7.39. The minimum Gasteiger partial charge on any atom is -0.496 e. The number of hydrogen-bond donors (Lipinski definition) is 3. The lowest BCUT2D eigenvalue weighted by Crippen LogP contribution is -2.35. The van der Waals surface area contributed by atoms with Gasteiger partial charge in [-0.25, -0.2) is 4.39 Å². The zero-order valence-corrected chi connectivity index (χ0v) is 34.6. The van der Waals surface area contributed by atoms with E-state index in [2.05, 4.69) is 22.6 Å². The molecule has 1 saturated heterocycles. The number of amides is 1. The number of aliphatic carboxylic acids is 1. The number of rotatable bonds is 16. The molecule has 2 heterocycles. The second kappa shape index (κ2) is 18.5. The first-order valence-electron chi connectivity index (χ1n) is 19.9. The minimum atomic E-state index is -0.705. The van der Waals surface area contributed by atoms with Gasteiger partial charge in [-0.2, -0.15) is 5.10 Å². The molecular formula is C45H50Cl2FN5O5. The molecule has 0 unspecified atom stereocenters. The Morgan fingerprint density at radius 3 is 2.41 bits per heavy atom. The number of carbonyl (C=O) groups excluding carboxylic acids is 1. The van der Waals surface area contributed by atoms with E-state index in [1.807, 2.05) is 59.4 Å². The number of carboxylic acids is 1. The molecular weight excluding hydrogens is 780 g/mol. The first-order valence-corrected chi connectivity index (χ1v) is 20.6. The highest BCUT2D eigenvalue weighted by atomic mass is 35.5. The monoisotopic (exact) mass is 829 g/mol. The molecule has 5 aromatic rings. The summed E-state index contributed by atoms with van der Waals surface area (Å²) >= 11 is 14.1. The summed E-state index contributed by atoms with van der Waals surface area (Å²) in [5.74, 6) is 0.917. The molecule has 1 amide bonds. The molecule has 13 heteroatoms. The highest BCUT2D eigenvalue weighted by molar-refractivity contribution is 6.36. The molecule has 1 aliphatic carbocycles. The molecule has 1 atom stereocenters. The van der Waals surface area contributed by atoms with Crippen LogP contribution in [0.3, 0.4) is 0 Å². The number of benzene rings is 4. The molecule has 2 fully saturated rings. The number of hydrogen-bond acceptors (Lipinski definition) is 7. The average Bonchev–Trinajstić information content (AvgIpc) is 3.82. The van der Waals surface area contributed by atoms with E-state index in [0.29, 0.717) is 64.5 Å². The van der Waals surface area contributed by atoms with Crippen LogP contribution in [0.25, 0.3) is 33.2 Å². The maximum Gasteiger partial charge on any atom is 0.303 e. The standard InChI is InChI=1S/C45H50Cl2FN5O5/c1-52(24-28-12-10-27(11-13-28)16-44(55)56)25-31-17-38(46)30(20-41(31)57-2)26-53-40-9-5-7-34(36(40)23-50-53)35-8-4-6-33(45(35)47)29-18-39(48)37(42(19-29)58-3)22-49-21-32-14-15-43(54)51-32/h4-9,17-20,23,27-28,32,49H,10-16,21-22,24-26H2,1-3H3,(H,51,54)(H,55,56)/t27-,28-,32-/m0/s1. The van der Waals surface area contributed by atoms with Gasteiger partial charge in [0.1, 0.15) is 17.3 Å². The minimum absolute atomic E-state index is 0.0340. The van der Waals surface area contributed by atoms with E-state index >= 15 is 4.39 Å². The van der Waals surface area contributed by atoms with Gasteiger partial charge in [0.2, 0.25) is 5.91 Å². The van der Waals surface area contributed by atoms with Crippen molar-refractivity contribution < 1.29 is 28.6 Å². The predicted molar refractivity (Wildman–Crippen MR) is 226 cm³/mol. The quantitative estimate of drug-likeness (QED) is 0.0903. The Bertz CT molecular complexity index is 2290. The maximum atomic E-state index is 15.7. The Morgan fingerprint density at radius 2 is 1.69 bits per heavy atom. The van der Waals surface area contributed by atoms with Crippen LogP contribution in [-0.4, -0.2) is 72.1 Å². The zero-order valence-electron chi connectivity index (χ0n) is 33.1. The van der Waals surface area contributed by atoms with Crippen molar-refractivity contribution in [3.63, 3.8) is 0 Å². The summed E-state index contributed by atoms with van der Waals surface area (Å²) in [4.78, 5) is 25.0. The zero-order chi connectivity index (χ0) is 40.9. The van der Waals surface area contributed by atoms with Gasteiger partial charge in [-0.05, 0) is 98.0 Å². The van der Waals surface area contributed by atoms with E-state index in [1.165, 1.54) is 13.2 Å². The van der Waals surface area contributed by atoms with Crippen LogP contribution in [0.4, 0.5) is 4.39 Å². The molecule has 0 bridgehead atoms. The number of nitrogens with one attached hydrogen (secondary N) is 2. The van der Waals surface area contributed by atoms with E-state index in [9.17, 15) is 9.59 Å². The fourth-order valence-electron chi connectivity index (χ4n) is 8.64. The summed E-state index contributed by atoms with van der Waals surface area (Å²) in [5.41, 5.74) is 6.12. The smallest absolute Gasteiger partial charge is 0.303 e. The third-order valence-corrected chi connectivity index (χ3v) is 12.4. The predicted octanol–water partition coefficient (Wildman–Crippen LogP) is 8.96. The summed E-state index contributed by atoms with van der Waals surface area (Å²) in [5, 5.41) is 22.1. The first kappa shape index (κ1) is 41.5. The fraction of sp³-hybridized carbons (Fsp3) is 0.400. The summed E-state index contributed by atoms with van der Waals surface area (Å²) < 4.78 is 29.1. The van der Waals surface area contributed by atoms with Gasteiger partial charge in [0.15, 0.2) is 0 Å². The Kier molecular flexibility index (Phi) is 13.2. The largest absolute Gasteiger partial charge is 0.496 e. The number of halogens is 3. The van der Waals surface area contributed by atoms with Crippen LogP contribution < -0.4 is 20.1 Å². The third kappa shape index (κ3) is 9.44. The van der Waals surface area contributed by atoms with Gasteiger partial charge in [-0.3, -0.25) is 14.3 Å². The van der Waals surface area contributed by atoms with Crippen molar-refractivity contribution in [1.29, 1.82) is 0 Å². The first-order chi connectivity index (χ1) is 28.0. The number of fused-ring (bicyclic) bond motifs is 1. The van der Waals surface area contributed by atoms with Gasteiger partial charge in [-0.1, -0.05) is 53.5 Å². The van der Waals surface area contributed by atoms with Gasteiger partial charge >= 0.3 is 5.97 Å². The van der Waals surface area contributed by atoms with Crippen LogP contribution in [0.1, 0.15) is 61.6 Å². The van der Waals surface area contributed by atoms with Gasteiger partial charge in [0.25, 0.3) is 0 Å². The summed E-state index contributed by atoms with van der Waals surface area (Å²) in [7, 11) is 5.30. The van der Waals surface area contributed by atoms with Gasteiger partial charge < -0.3 is 30.1 Å². The number of carbonyl (C=O) groups is 2.